The third kappa shape index (κ3) is 3.83. The number of halogens is 1. The SMILES string of the molecule is CCc1cc(C(=O)NC(CC)CCBr)n(CC)n1. The number of nitrogens with zero attached hydrogens (tertiary/aromatic N) is 2. The topological polar surface area (TPSA) is 46.9 Å². The molecule has 4 nitrogen and oxygen atoms in total. The van der Waals surface area contributed by atoms with Crippen LogP contribution in [-0.2, 0) is 13.0 Å². The molecule has 1 aromatic rings. The molecule has 0 spiro atoms. The van der Waals surface area contributed by atoms with Crippen LogP contribution in [0.2, 0.25) is 0 Å². The predicted molar refractivity (Wildman–Crippen MR) is 77.2 cm³/mol. The number of hydrogen-bond acceptors (Lipinski definition) is 2. The largest absolute Gasteiger partial charge is 0.348 e. The van der Waals surface area contributed by atoms with Crippen LogP contribution >= 0.6 is 15.9 Å². The molecular formula is C13H22BrN3O. The summed E-state index contributed by atoms with van der Waals surface area (Å²) in [6, 6.07) is 2.11. The van der Waals surface area contributed by atoms with Gasteiger partial charge in [-0.05, 0) is 32.3 Å². The van der Waals surface area contributed by atoms with E-state index in [1.807, 2.05) is 19.9 Å². The third-order valence-corrected chi connectivity index (χ3v) is 3.47. The lowest BCUT2D eigenvalue weighted by atomic mass is 10.1. The highest BCUT2D eigenvalue weighted by Crippen LogP contribution is 2.08. The molecule has 1 rings (SSSR count). The number of carbonyl (C=O) groups excluding carboxylic acids is 1. The van der Waals surface area contributed by atoms with Crippen LogP contribution in [0.5, 0.6) is 0 Å². The molecule has 5 heteroatoms. The van der Waals surface area contributed by atoms with Crippen molar-refractivity contribution in [3.05, 3.63) is 17.5 Å². The van der Waals surface area contributed by atoms with Crippen LogP contribution in [-0.4, -0.2) is 27.1 Å². The minimum Gasteiger partial charge on any atom is -0.348 e. The fourth-order valence-electron chi connectivity index (χ4n) is 1.84. The Labute approximate surface area is 117 Å². The van der Waals surface area contributed by atoms with E-state index in [4.69, 9.17) is 0 Å². The minimum absolute atomic E-state index is 0.0168. The summed E-state index contributed by atoms with van der Waals surface area (Å²) in [5.74, 6) is -0.0168. The van der Waals surface area contributed by atoms with Crippen molar-refractivity contribution in [1.29, 1.82) is 0 Å². The molecule has 102 valence electrons. The highest BCUT2D eigenvalue weighted by atomic mass is 79.9. The Morgan fingerprint density at radius 2 is 2.22 bits per heavy atom. The highest BCUT2D eigenvalue weighted by molar-refractivity contribution is 9.09. The van der Waals surface area contributed by atoms with Gasteiger partial charge in [0, 0.05) is 17.9 Å². The van der Waals surface area contributed by atoms with Crippen molar-refractivity contribution in [1.82, 2.24) is 15.1 Å². The summed E-state index contributed by atoms with van der Waals surface area (Å²) in [5, 5.41) is 8.36. The van der Waals surface area contributed by atoms with Crippen molar-refractivity contribution in [3.63, 3.8) is 0 Å². The van der Waals surface area contributed by atoms with Gasteiger partial charge in [0.25, 0.3) is 5.91 Å². The summed E-state index contributed by atoms with van der Waals surface area (Å²) in [4.78, 5) is 12.2. The van der Waals surface area contributed by atoms with Gasteiger partial charge in [-0.25, -0.2) is 0 Å². The molecular weight excluding hydrogens is 294 g/mol. The number of rotatable bonds is 7. The molecule has 1 amide bonds. The van der Waals surface area contributed by atoms with Gasteiger partial charge >= 0.3 is 0 Å². The Bertz CT molecular complexity index is 390. The molecule has 0 bridgehead atoms. The number of aryl methyl sites for hydroxylation is 2. The summed E-state index contributed by atoms with van der Waals surface area (Å²) in [5.41, 5.74) is 1.64. The van der Waals surface area contributed by atoms with Gasteiger partial charge in [0.2, 0.25) is 0 Å². The zero-order valence-corrected chi connectivity index (χ0v) is 13.0. The molecule has 0 aliphatic carbocycles. The van der Waals surface area contributed by atoms with Gasteiger partial charge in [0.1, 0.15) is 5.69 Å². The van der Waals surface area contributed by atoms with Gasteiger partial charge in [0.15, 0.2) is 0 Å². The Morgan fingerprint density at radius 3 is 2.72 bits per heavy atom. The van der Waals surface area contributed by atoms with E-state index in [1.165, 1.54) is 0 Å². The summed E-state index contributed by atoms with van der Waals surface area (Å²) < 4.78 is 1.77. The number of aromatic nitrogens is 2. The van der Waals surface area contributed by atoms with E-state index in [0.29, 0.717) is 5.69 Å². The molecule has 0 saturated carbocycles. The summed E-state index contributed by atoms with van der Waals surface area (Å²) in [6.45, 7) is 6.85. The van der Waals surface area contributed by atoms with Crippen molar-refractivity contribution in [2.45, 2.75) is 52.6 Å². The van der Waals surface area contributed by atoms with Crippen LogP contribution in [0.1, 0.15) is 49.8 Å². The predicted octanol–water partition coefficient (Wildman–Crippen LogP) is 2.76. The molecule has 0 aliphatic rings. The lowest BCUT2D eigenvalue weighted by molar-refractivity contribution is 0.0924. The second kappa shape index (κ2) is 7.56. The van der Waals surface area contributed by atoms with Crippen LogP contribution in [0.25, 0.3) is 0 Å². The van der Waals surface area contributed by atoms with Crippen molar-refractivity contribution in [3.8, 4) is 0 Å². The molecule has 0 fully saturated rings. The Balaban J connectivity index is 2.79. The average Bonchev–Trinajstić information content (AvgIpc) is 2.81. The first-order chi connectivity index (χ1) is 8.65. The molecule has 18 heavy (non-hydrogen) atoms. The first kappa shape index (κ1) is 15.2. The van der Waals surface area contributed by atoms with E-state index in [2.05, 4.69) is 33.3 Å². The number of amides is 1. The van der Waals surface area contributed by atoms with Gasteiger partial charge in [0.05, 0.1) is 5.69 Å². The van der Waals surface area contributed by atoms with E-state index in [9.17, 15) is 4.79 Å². The molecule has 0 saturated heterocycles. The Hall–Kier alpha value is -0.840. The molecule has 1 atom stereocenters. The number of carbonyl (C=O) groups is 1. The van der Waals surface area contributed by atoms with E-state index in [1.54, 1.807) is 4.68 Å². The molecule has 0 aliphatic heterocycles. The van der Waals surface area contributed by atoms with E-state index in [0.717, 1.165) is 36.8 Å². The van der Waals surface area contributed by atoms with Crippen LogP contribution in [0.3, 0.4) is 0 Å². The fraction of sp³-hybridized carbons (Fsp3) is 0.692. The fourth-order valence-corrected chi connectivity index (χ4v) is 2.39. The Kier molecular flexibility index (Phi) is 6.39. The Morgan fingerprint density at radius 1 is 1.50 bits per heavy atom. The zero-order chi connectivity index (χ0) is 13.5. The maximum absolute atomic E-state index is 12.2. The van der Waals surface area contributed by atoms with E-state index in [-0.39, 0.29) is 11.9 Å². The smallest absolute Gasteiger partial charge is 0.269 e. The van der Waals surface area contributed by atoms with Crippen LogP contribution in [0.4, 0.5) is 0 Å². The molecule has 1 aromatic heterocycles. The highest BCUT2D eigenvalue weighted by Gasteiger charge is 2.16. The molecule has 1 heterocycles. The maximum Gasteiger partial charge on any atom is 0.269 e. The van der Waals surface area contributed by atoms with Crippen LogP contribution in [0, 0.1) is 0 Å². The van der Waals surface area contributed by atoms with E-state index >= 15 is 0 Å². The number of hydrogen-bond donors (Lipinski definition) is 1. The first-order valence-electron chi connectivity index (χ1n) is 6.59. The lowest BCUT2D eigenvalue weighted by Crippen LogP contribution is -2.35. The zero-order valence-electron chi connectivity index (χ0n) is 11.4. The van der Waals surface area contributed by atoms with Gasteiger partial charge in [-0.15, -0.1) is 0 Å². The summed E-state index contributed by atoms with van der Waals surface area (Å²) in [6.07, 6.45) is 2.74. The molecule has 1 unspecified atom stereocenters. The quantitative estimate of drug-likeness (QED) is 0.786. The third-order valence-electron chi connectivity index (χ3n) is 3.01. The van der Waals surface area contributed by atoms with Crippen molar-refractivity contribution in [2.75, 3.05) is 5.33 Å². The van der Waals surface area contributed by atoms with Crippen molar-refractivity contribution >= 4 is 21.8 Å². The van der Waals surface area contributed by atoms with Gasteiger partial charge in [-0.1, -0.05) is 29.8 Å². The van der Waals surface area contributed by atoms with E-state index < -0.39 is 0 Å². The van der Waals surface area contributed by atoms with Crippen LogP contribution in [0.15, 0.2) is 6.07 Å². The summed E-state index contributed by atoms with van der Waals surface area (Å²) >= 11 is 3.41. The number of nitrogens with one attached hydrogen (secondary N) is 1. The van der Waals surface area contributed by atoms with Gasteiger partial charge in [-0.3, -0.25) is 9.48 Å². The normalized spacial score (nSPS) is 12.4. The molecule has 0 radical (unpaired) electrons. The number of alkyl halides is 1. The van der Waals surface area contributed by atoms with Crippen molar-refractivity contribution < 1.29 is 4.79 Å². The minimum atomic E-state index is -0.0168. The maximum atomic E-state index is 12.2. The first-order valence-corrected chi connectivity index (χ1v) is 7.71. The average molecular weight is 316 g/mol. The monoisotopic (exact) mass is 315 g/mol. The van der Waals surface area contributed by atoms with Crippen molar-refractivity contribution in [2.24, 2.45) is 0 Å². The standard InChI is InChI=1S/C13H22BrN3O/c1-4-10(7-8-14)15-13(18)12-9-11(5-2)16-17(12)6-3/h9-10H,4-8H2,1-3H3,(H,15,18). The van der Waals surface area contributed by atoms with Gasteiger partial charge < -0.3 is 5.32 Å². The van der Waals surface area contributed by atoms with Crippen LogP contribution < -0.4 is 5.32 Å². The lowest BCUT2D eigenvalue weighted by Gasteiger charge is -2.15. The molecule has 0 aromatic carbocycles. The second-order valence-corrected chi connectivity index (χ2v) is 5.04. The second-order valence-electron chi connectivity index (χ2n) is 4.25. The molecule has 1 N–H and O–H groups in total. The summed E-state index contributed by atoms with van der Waals surface area (Å²) in [7, 11) is 0. The van der Waals surface area contributed by atoms with Gasteiger partial charge in [-0.2, -0.15) is 5.10 Å².